The van der Waals surface area contributed by atoms with E-state index in [1.165, 1.54) is 12.8 Å². The fourth-order valence-corrected chi connectivity index (χ4v) is 3.69. The van der Waals surface area contributed by atoms with Crippen molar-refractivity contribution in [3.05, 3.63) is 23.5 Å². The average Bonchev–Trinajstić information content (AvgIpc) is 2.99. The van der Waals surface area contributed by atoms with E-state index in [0.29, 0.717) is 12.5 Å². The number of imidazole rings is 1. The predicted octanol–water partition coefficient (Wildman–Crippen LogP) is 2.98. The van der Waals surface area contributed by atoms with E-state index in [0.717, 1.165) is 29.4 Å². The zero-order valence-corrected chi connectivity index (χ0v) is 12.9. The summed E-state index contributed by atoms with van der Waals surface area (Å²) in [6, 6.07) is 0.419. The van der Waals surface area contributed by atoms with E-state index in [1.54, 1.807) is 11.3 Å². The lowest BCUT2D eigenvalue weighted by atomic mass is 9.86. The van der Waals surface area contributed by atoms with Gasteiger partial charge in [-0.25, -0.2) is 4.98 Å². The molecule has 0 radical (unpaired) electrons. The summed E-state index contributed by atoms with van der Waals surface area (Å²) in [4.78, 5) is 19.8. The summed E-state index contributed by atoms with van der Waals surface area (Å²) in [5, 5.41) is 2.00. The number of fused-ring (bicyclic) bond motifs is 1. The summed E-state index contributed by atoms with van der Waals surface area (Å²) < 4.78 is 1.98. The first-order valence-electron chi connectivity index (χ1n) is 7.30. The standard InChI is InChI=1S/C15H21N3OS/c1-11-3-5-13(6-4-11)17(2)14(19)9-12-10-18-7-8-20-15(18)16-12/h7-8,10-11,13H,3-6,9H2,1-2H3. The molecule has 2 heterocycles. The van der Waals surface area contributed by atoms with Gasteiger partial charge in [-0.2, -0.15) is 0 Å². The predicted molar refractivity (Wildman–Crippen MR) is 81.0 cm³/mol. The van der Waals surface area contributed by atoms with Gasteiger partial charge in [-0.15, -0.1) is 11.3 Å². The average molecular weight is 291 g/mol. The number of carbonyl (C=O) groups is 1. The summed E-state index contributed by atoms with van der Waals surface area (Å²) in [7, 11) is 1.95. The highest BCUT2D eigenvalue weighted by Gasteiger charge is 2.25. The van der Waals surface area contributed by atoms with Gasteiger partial charge in [-0.05, 0) is 31.6 Å². The topological polar surface area (TPSA) is 37.6 Å². The number of amides is 1. The summed E-state index contributed by atoms with van der Waals surface area (Å²) in [5.41, 5.74) is 0.873. The molecule has 1 fully saturated rings. The van der Waals surface area contributed by atoms with Crippen LogP contribution in [-0.4, -0.2) is 33.3 Å². The molecule has 0 atom stereocenters. The number of likely N-dealkylation sites (N-methyl/N-ethyl adjacent to an activating group) is 1. The number of aromatic nitrogens is 2. The second-order valence-electron chi connectivity index (χ2n) is 5.92. The smallest absolute Gasteiger partial charge is 0.228 e. The molecule has 20 heavy (non-hydrogen) atoms. The van der Waals surface area contributed by atoms with E-state index < -0.39 is 0 Å². The fraction of sp³-hybridized carbons (Fsp3) is 0.600. The molecule has 1 aliphatic carbocycles. The maximum Gasteiger partial charge on any atom is 0.228 e. The number of nitrogens with zero attached hydrogens (tertiary/aromatic N) is 3. The van der Waals surface area contributed by atoms with Crippen LogP contribution in [0, 0.1) is 5.92 Å². The highest BCUT2D eigenvalue weighted by atomic mass is 32.1. The molecule has 0 unspecified atom stereocenters. The quantitative estimate of drug-likeness (QED) is 0.872. The van der Waals surface area contributed by atoms with Gasteiger partial charge in [0.25, 0.3) is 0 Å². The molecular formula is C15H21N3OS. The molecule has 108 valence electrons. The summed E-state index contributed by atoms with van der Waals surface area (Å²) >= 11 is 1.60. The Balaban J connectivity index is 1.62. The Hall–Kier alpha value is -1.36. The molecule has 0 N–H and O–H groups in total. The number of hydrogen-bond donors (Lipinski definition) is 0. The molecule has 2 aromatic heterocycles. The molecule has 0 bridgehead atoms. The number of thiazole rings is 1. The molecule has 2 aromatic rings. The highest BCUT2D eigenvalue weighted by Crippen LogP contribution is 2.26. The molecule has 5 heteroatoms. The lowest BCUT2D eigenvalue weighted by Crippen LogP contribution is -2.40. The Kier molecular flexibility index (Phi) is 3.78. The fourth-order valence-electron chi connectivity index (χ4n) is 2.97. The van der Waals surface area contributed by atoms with Gasteiger partial charge in [0.2, 0.25) is 5.91 Å². The van der Waals surface area contributed by atoms with E-state index in [9.17, 15) is 4.79 Å². The normalized spacial score (nSPS) is 23.1. The maximum absolute atomic E-state index is 12.4. The molecule has 0 aliphatic heterocycles. The monoisotopic (exact) mass is 291 g/mol. The van der Waals surface area contributed by atoms with Crippen LogP contribution in [0.2, 0.25) is 0 Å². The molecule has 0 saturated heterocycles. The Morgan fingerprint density at radius 3 is 2.90 bits per heavy atom. The van der Waals surface area contributed by atoms with Crippen LogP contribution in [0.4, 0.5) is 0 Å². The van der Waals surface area contributed by atoms with Gasteiger partial charge < -0.3 is 4.90 Å². The van der Waals surface area contributed by atoms with Crippen molar-refractivity contribution in [1.82, 2.24) is 14.3 Å². The molecule has 3 rings (SSSR count). The van der Waals surface area contributed by atoms with Crippen molar-refractivity contribution in [2.75, 3.05) is 7.05 Å². The van der Waals surface area contributed by atoms with Crippen molar-refractivity contribution in [2.45, 2.75) is 45.1 Å². The SMILES string of the molecule is CC1CCC(N(C)C(=O)Cc2cn3ccsc3n2)CC1. The van der Waals surface area contributed by atoms with Crippen LogP contribution in [-0.2, 0) is 11.2 Å². The minimum Gasteiger partial charge on any atom is -0.342 e. The molecule has 1 saturated carbocycles. The minimum absolute atomic E-state index is 0.190. The van der Waals surface area contributed by atoms with E-state index in [1.807, 2.05) is 34.1 Å². The molecule has 0 spiro atoms. The third kappa shape index (κ3) is 2.73. The van der Waals surface area contributed by atoms with Crippen molar-refractivity contribution in [1.29, 1.82) is 0 Å². The van der Waals surface area contributed by atoms with Crippen LogP contribution in [0.15, 0.2) is 17.8 Å². The Morgan fingerprint density at radius 1 is 1.45 bits per heavy atom. The number of hydrogen-bond acceptors (Lipinski definition) is 3. The molecule has 1 amide bonds. The Morgan fingerprint density at radius 2 is 2.20 bits per heavy atom. The van der Waals surface area contributed by atoms with Crippen LogP contribution in [0.3, 0.4) is 0 Å². The first kappa shape index (κ1) is 13.6. The van der Waals surface area contributed by atoms with Gasteiger partial charge in [-0.3, -0.25) is 9.20 Å². The lowest BCUT2D eigenvalue weighted by Gasteiger charge is -2.33. The summed E-state index contributed by atoms with van der Waals surface area (Å²) in [6.45, 7) is 2.30. The van der Waals surface area contributed by atoms with Gasteiger partial charge in [0, 0.05) is 30.9 Å². The van der Waals surface area contributed by atoms with Crippen LogP contribution in [0.25, 0.3) is 4.96 Å². The van der Waals surface area contributed by atoms with Crippen LogP contribution >= 0.6 is 11.3 Å². The molecule has 4 nitrogen and oxygen atoms in total. The van der Waals surface area contributed by atoms with E-state index in [4.69, 9.17) is 0 Å². The van der Waals surface area contributed by atoms with E-state index in [2.05, 4.69) is 11.9 Å². The van der Waals surface area contributed by atoms with E-state index >= 15 is 0 Å². The highest BCUT2D eigenvalue weighted by molar-refractivity contribution is 7.15. The Labute approximate surface area is 123 Å². The van der Waals surface area contributed by atoms with Crippen molar-refractivity contribution in [2.24, 2.45) is 5.92 Å². The maximum atomic E-state index is 12.4. The Bertz CT molecular complexity index is 567. The van der Waals surface area contributed by atoms with Crippen molar-refractivity contribution in [3.8, 4) is 0 Å². The lowest BCUT2D eigenvalue weighted by molar-refractivity contribution is -0.132. The van der Waals surface area contributed by atoms with Gasteiger partial charge >= 0.3 is 0 Å². The third-order valence-electron chi connectivity index (χ3n) is 4.40. The number of carbonyl (C=O) groups excluding carboxylic acids is 1. The second kappa shape index (κ2) is 5.56. The summed E-state index contributed by atoms with van der Waals surface area (Å²) in [5.74, 6) is 1.00. The number of rotatable bonds is 3. The first-order chi connectivity index (χ1) is 9.63. The zero-order chi connectivity index (χ0) is 14.1. The van der Waals surface area contributed by atoms with Gasteiger partial charge in [-0.1, -0.05) is 6.92 Å². The van der Waals surface area contributed by atoms with Gasteiger partial charge in [0.15, 0.2) is 4.96 Å². The molecule has 0 aromatic carbocycles. The van der Waals surface area contributed by atoms with Crippen molar-refractivity contribution in [3.63, 3.8) is 0 Å². The van der Waals surface area contributed by atoms with Gasteiger partial charge in [0.05, 0.1) is 12.1 Å². The zero-order valence-electron chi connectivity index (χ0n) is 12.1. The van der Waals surface area contributed by atoms with E-state index in [-0.39, 0.29) is 5.91 Å². The van der Waals surface area contributed by atoms with Crippen molar-refractivity contribution < 1.29 is 4.79 Å². The largest absolute Gasteiger partial charge is 0.342 e. The molecule has 1 aliphatic rings. The third-order valence-corrected chi connectivity index (χ3v) is 5.17. The van der Waals surface area contributed by atoms with Gasteiger partial charge in [0.1, 0.15) is 0 Å². The minimum atomic E-state index is 0.190. The second-order valence-corrected chi connectivity index (χ2v) is 6.79. The summed E-state index contributed by atoms with van der Waals surface area (Å²) in [6.07, 6.45) is 9.11. The van der Waals surface area contributed by atoms with Crippen LogP contribution in [0.1, 0.15) is 38.3 Å². The van der Waals surface area contributed by atoms with Crippen LogP contribution < -0.4 is 0 Å². The molecular weight excluding hydrogens is 270 g/mol. The first-order valence-corrected chi connectivity index (χ1v) is 8.18. The van der Waals surface area contributed by atoms with Crippen molar-refractivity contribution >= 4 is 22.2 Å². The van der Waals surface area contributed by atoms with Crippen LogP contribution in [0.5, 0.6) is 0 Å².